The van der Waals surface area contributed by atoms with Crippen LogP contribution in [0.2, 0.25) is 0 Å². The Balaban J connectivity index is 1.65. The van der Waals surface area contributed by atoms with Gasteiger partial charge in [-0.25, -0.2) is 0 Å². The van der Waals surface area contributed by atoms with E-state index in [-0.39, 0.29) is 11.2 Å². The molecule has 27 heavy (non-hydrogen) atoms. The van der Waals surface area contributed by atoms with Crippen molar-refractivity contribution in [2.45, 2.75) is 31.1 Å². The molecule has 0 aliphatic carbocycles. The number of carbonyl (C=O) groups is 1. The first-order valence-electron chi connectivity index (χ1n) is 9.14. The molecule has 0 unspecified atom stereocenters. The van der Waals surface area contributed by atoms with Gasteiger partial charge >= 0.3 is 0 Å². The molecule has 3 heteroatoms. The van der Waals surface area contributed by atoms with Crippen molar-refractivity contribution in [3.05, 3.63) is 82.9 Å². The molecule has 2 nitrogen and oxygen atoms in total. The van der Waals surface area contributed by atoms with E-state index in [1.54, 1.807) is 17.8 Å². The Bertz CT molecular complexity index is 1060. The molecule has 0 amide bonds. The van der Waals surface area contributed by atoms with Crippen LogP contribution in [0.25, 0.3) is 10.8 Å². The van der Waals surface area contributed by atoms with Crippen LogP contribution in [0.15, 0.2) is 76.7 Å². The van der Waals surface area contributed by atoms with E-state index in [1.165, 1.54) is 26.9 Å². The molecule has 0 bridgehead atoms. The van der Waals surface area contributed by atoms with E-state index in [2.05, 4.69) is 74.2 Å². The van der Waals surface area contributed by atoms with E-state index < -0.39 is 0 Å². The summed E-state index contributed by atoms with van der Waals surface area (Å²) in [5, 5.41) is 3.40. The summed E-state index contributed by atoms with van der Waals surface area (Å²) < 4.78 is 0. The Kier molecular flexibility index (Phi) is 4.35. The Morgan fingerprint density at radius 3 is 2.37 bits per heavy atom. The fraction of sp³-hybridized carbons (Fsp3) is 0.208. The van der Waals surface area contributed by atoms with E-state index in [4.69, 9.17) is 0 Å². The number of anilines is 1. The zero-order chi connectivity index (χ0) is 19.2. The smallest absolute Gasteiger partial charge is 0.188 e. The molecule has 0 saturated carbocycles. The third-order valence-electron chi connectivity index (χ3n) is 5.03. The first-order chi connectivity index (χ1) is 12.8. The van der Waals surface area contributed by atoms with E-state index >= 15 is 0 Å². The average molecular weight is 374 g/mol. The summed E-state index contributed by atoms with van der Waals surface area (Å²) in [5.74, 6) is 0.0434. The molecule has 0 aromatic heterocycles. The summed E-state index contributed by atoms with van der Waals surface area (Å²) in [5.41, 5.74) is 3.23. The zero-order valence-electron chi connectivity index (χ0n) is 16.1. The Hall–Kier alpha value is -2.52. The maximum atomic E-state index is 12.8. The molecule has 1 aliphatic rings. The average Bonchev–Trinajstić information content (AvgIpc) is 2.97. The molecule has 0 saturated heterocycles. The highest BCUT2D eigenvalue weighted by atomic mass is 32.2. The van der Waals surface area contributed by atoms with Crippen molar-refractivity contribution in [1.29, 1.82) is 0 Å². The Morgan fingerprint density at radius 1 is 0.963 bits per heavy atom. The van der Waals surface area contributed by atoms with E-state index in [0.29, 0.717) is 0 Å². The molecule has 3 aromatic rings. The quantitative estimate of drug-likeness (QED) is 0.383. The van der Waals surface area contributed by atoms with Gasteiger partial charge < -0.3 is 4.90 Å². The number of carbonyl (C=O) groups excluding carboxylic acids is 1. The predicted octanol–water partition coefficient (Wildman–Crippen LogP) is 6.40. The highest BCUT2D eigenvalue weighted by molar-refractivity contribution is 8.03. The molecule has 0 N–H and O–H groups in total. The van der Waals surface area contributed by atoms with E-state index in [9.17, 15) is 4.79 Å². The maximum absolute atomic E-state index is 12.8. The van der Waals surface area contributed by atoms with Crippen LogP contribution in [0.5, 0.6) is 0 Å². The zero-order valence-corrected chi connectivity index (χ0v) is 16.9. The van der Waals surface area contributed by atoms with Gasteiger partial charge in [-0.05, 0) is 22.4 Å². The fourth-order valence-corrected chi connectivity index (χ4v) is 4.51. The van der Waals surface area contributed by atoms with Gasteiger partial charge in [-0.3, -0.25) is 4.79 Å². The number of rotatable bonds is 2. The summed E-state index contributed by atoms with van der Waals surface area (Å²) in [4.78, 5) is 16.1. The van der Waals surface area contributed by atoms with E-state index in [0.717, 1.165) is 10.6 Å². The fourth-order valence-electron chi connectivity index (χ4n) is 3.41. The number of ketones is 1. The lowest BCUT2D eigenvalue weighted by atomic mass is 9.86. The summed E-state index contributed by atoms with van der Waals surface area (Å²) in [6.07, 6.45) is 1.76. The van der Waals surface area contributed by atoms with Gasteiger partial charge in [-0.15, -0.1) is 0 Å². The second-order valence-electron chi connectivity index (χ2n) is 7.97. The minimum atomic E-state index is 0.0434. The summed E-state index contributed by atoms with van der Waals surface area (Å²) in [7, 11) is 2.03. The number of thioether (sulfide) groups is 1. The van der Waals surface area contributed by atoms with E-state index in [1.807, 2.05) is 19.2 Å². The van der Waals surface area contributed by atoms with Crippen molar-refractivity contribution in [3.63, 3.8) is 0 Å². The Labute approximate surface area is 164 Å². The van der Waals surface area contributed by atoms with Crippen molar-refractivity contribution < 1.29 is 4.79 Å². The van der Waals surface area contributed by atoms with Crippen LogP contribution in [0.1, 0.15) is 36.7 Å². The highest BCUT2D eigenvalue weighted by Gasteiger charge is 2.25. The largest absolute Gasteiger partial charge is 0.338 e. The van der Waals surface area contributed by atoms with Gasteiger partial charge in [-0.2, -0.15) is 0 Å². The van der Waals surface area contributed by atoms with Gasteiger partial charge in [0, 0.05) is 29.0 Å². The van der Waals surface area contributed by atoms with Crippen LogP contribution in [0.4, 0.5) is 5.69 Å². The third-order valence-corrected chi connectivity index (χ3v) is 6.18. The van der Waals surface area contributed by atoms with Crippen LogP contribution in [-0.2, 0) is 5.41 Å². The van der Waals surface area contributed by atoms with Crippen LogP contribution in [-0.4, -0.2) is 12.8 Å². The van der Waals surface area contributed by atoms with Gasteiger partial charge in [0.15, 0.2) is 5.78 Å². The van der Waals surface area contributed by atoms with Gasteiger partial charge in [0.2, 0.25) is 0 Å². The summed E-state index contributed by atoms with van der Waals surface area (Å²) in [6.45, 7) is 6.53. The lowest BCUT2D eigenvalue weighted by Crippen LogP contribution is -2.12. The standard InChI is InChI=1S/C24H23NOS/c1-24(2,3)18-12-9-17(10-13-18)20(26)15-22-25(4)23-19-8-6-5-7-16(19)11-14-21(23)27-22/h5-15H,1-4H3/b22-15+. The topological polar surface area (TPSA) is 20.3 Å². The maximum Gasteiger partial charge on any atom is 0.188 e. The van der Waals surface area contributed by atoms with Crippen molar-refractivity contribution in [2.75, 3.05) is 11.9 Å². The number of nitrogens with zero attached hydrogens (tertiary/aromatic N) is 1. The molecular weight excluding hydrogens is 350 g/mol. The van der Waals surface area contributed by atoms with Gasteiger partial charge in [-0.1, -0.05) is 87.1 Å². The normalized spacial score (nSPS) is 15.4. The van der Waals surface area contributed by atoms with Crippen molar-refractivity contribution in [2.24, 2.45) is 0 Å². The van der Waals surface area contributed by atoms with Crippen LogP contribution < -0.4 is 4.90 Å². The SMILES string of the molecule is CN1/C(=C\C(=O)c2ccc(C(C)(C)C)cc2)Sc2ccc3ccccc3c21. The molecule has 0 radical (unpaired) electrons. The number of fused-ring (bicyclic) bond motifs is 3. The number of benzene rings is 3. The predicted molar refractivity (Wildman–Crippen MR) is 116 cm³/mol. The molecule has 0 atom stereocenters. The minimum absolute atomic E-state index is 0.0434. The highest BCUT2D eigenvalue weighted by Crippen LogP contribution is 2.48. The monoisotopic (exact) mass is 373 g/mol. The van der Waals surface area contributed by atoms with Crippen molar-refractivity contribution >= 4 is 34.0 Å². The molecule has 4 rings (SSSR count). The summed E-state index contributed by atoms with van der Waals surface area (Å²) >= 11 is 1.66. The van der Waals surface area contributed by atoms with Crippen LogP contribution in [0.3, 0.4) is 0 Å². The Morgan fingerprint density at radius 2 is 1.67 bits per heavy atom. The van der Waals surface area contributed by atoms with Gasteiger partial charge in [0.25, 0.3) is 0 Å². The van der Waals surface area contributed by atoms with Gasteiger partial charge in [0.1, 0.15) is 0 Å². The lowest BCUT2D eigenvalue weighted by Gasteiger charge is -2.19. The first kappa shape index (κ1) is 17.9. The minimum Gasteiger partial charge on any atom is -0.338 e. The van der Waals surface area contributed by atoms with Crippen molar-refractivity contribution in [1.82, 2.24) is 0 Å². The van der Waals surface area contributed by atoms with Crippen LogP contribution >= 0.6 is 11.8 Å². The van der Waals surface area contributed by atoms with Gasteiger partial charge in [0.05, 0.1) is 10.7 Å². The molecule has 0 spiro atoms. The number of allylic oxidation sites excluding steroid dienone is 1. The second kappa shape index (κ2) is 6.58. The molecule has 136 valence electrons. The number of hydrogen-bond acceptors (Lipinski definition) is 3. The second-order valence-corrected chi connectivity index (χ2v) is 9.03. The number of hydrogen-bond donors (Lipinski definition) is 0. The molecule has 3 aromatic carbocycles. The molecular formula is C24H23NOS. The molecule has 1 heterocycles. The summed E-state index contributed by atoms with van der Waals surface area (Å²) in [6, 6.07) is 20.6. The molecule has 1 aliphatic heterocycles. The lowest BCUT2D eigenvalue weighted by molar-refractivity contribution is 0.104. The van der Waals surface area contributed by atoms with Crippen molar-refractivity contribution in [3.8, 4) is 0 Å². The van der Waals surface area contributed by atoms with Crippen LogP contribution in [0, 0.1) is 0 Å². The third kappa shape index (κ3) is 3.28. The first-order valence-corrected chi connectivity index (χ1v) is 9.96. The molecule has 0 fully saturated rings.